The molecule has 0 aromatic carbocycles. The van der Waals surface area contributed by atoms with Crippen LogP contribution in [0.25, 0.3) is 0 Å². The lowest BCUT2D eigenvalue weighted by Gasteiger charge is -1.98. The molecule has 3 N–H and O–H groups in total. The fourth-order valence-electron chi connectivity index (χ4n) is 0.857. The van der Waals surface area contributed by atoms with Gasteiger partial charge >= 0.3 is 0 Å². The van der Waals surface area contributed by atoms with Gasteiger partial charge in [-0.1, -0.05) is 0 Å². The highest BCUT2D eigenvalue weighted by Gasteiger charge is 1.92. The van der Waals surface area contributed by atoms with E-state index in [4.69, 9.17) is 5.73 Å². The highest BCUT2D eigenvalue weighted by molar-refractivity contribution is 4.94. The monoisotopic (exact) mass is 153 g/mol. The minimum atomic E-state index is 0.445. The molecule has 0 saturated heterocycles. The van der Waals surface area contributed by atoms with Crippen molar-refractivity contribution >= 4 is 0 Å². The van der Waals surface area contributed by atoms with E-state index in [9.17, 15) is 0 Å². The van der Waals surface area contributed by atoms with Crippen molar-refractivity contribution in [3.63, 3.8) is 0 Å². The summed E-state index contributed by atoms with van der Waals surface area (Å²) in [6.45, 7) is 2.12. The van der Waals surface area contributed by atoms with E-state index < -0.39 is 0 Å². The predicted molar refractivity (Wildman–Crippen MR) is 43.1 cm³/mol. The number of nitrogens with one attached hydrogen (secondary N) is 3. The van der Waals surface area contributed by atoms with Gasteiger partial charge in [-0.25, -0.2) is 4.98 Å². The van der Waals surface area contributed by atoms with E-state index in [2.05, 4.69) is 15.3 Å². The van der Waals surface area contributed by atoms with Gasteiger partial charge in [-0.3, -0.25) is 5.73 Å². The number of hydrogen-bond acceptors (Lipinski definition) is 2. The first-order chi connectivity index (χ1) is 5.43. The van der Waals surface area contributed by atoms with Crippen LogP contribution in [-0.4, -0.2) is 29.6 Å². The lowest BCUT2D eigenvalue weighted by Crippen LogP contribution is -2.21. The minimum Gasteiger partial charge on any atom is -0.351 e. The van der Waals surface area contributed by atoms with Gasteiger partial charge in [-0.05, 0) is 0 Å². The molecule has 4 heteroatoms. The largest absolute Gasteiger partial charge is 0.351 e. The zero-order chi connectivity index (χ0) is 7.94. The van der Waals surface area contributed by atoms with Crippen LogP contribution in [0.2, 0.25) is 0 Å². The molecule has 0 aliphatic heterocycles. The van der Waals surface area contributed by atoms with Crippen molar-refractivity contribution in [2.45, 2.75) is 6.42 Å². The fraction of sp³-hybridized carbons (Fsp3) is 0.571. The van der Waals surface area contributed by atoms with Crippen LogP contribution in [0.4, 0.5) is 0 Å². The van der Waals surface area contributed by atoms with Crippen LogP contribution in [0.15, 0.2) is 12.5 Å². The van der Waals surface area contributed by atoms with Crippen LogP contribution in [0.3, 0.4) is 0 Å². The van der Waals surface area contributed by atoms with Gasteiger partial charge in [0, 0.05) is 32.3 Å². The Morgan fingerprint density at radius 2 is 2.45 bits per heavy atom. The first-order valence-corrected chi connectivity index (χ1v) is 3.76. The fourth-order valence-corrected chi connectivity index (χ4v) is 0.857. The molecule has 0 unspecified atom stereocenters. The molecule has 0 spiro atoms. The first kappa shape index (κ1) is 8.23. The predicted octanol–water partition coefficient (Wildman–Crippen LogP) is -0.175. The lowest BCUT2D eigenvalue weighted by molar-refractivity contribution is 0.678. The van der Waals surface area contributed by atoms with Crippen molar-refractivity contribution < 1.29 is 0 Å². The molecule has 0 bridgehead atoms. The third kappa shape index (κ3) is 3.15. The molecule has 0 aliphatic carbocycles. The molecule has 0 atom stereocenters. The van der Waals surface area contributed by atoms with Crippen LogP contribution >= 0.6 is 0 Å². The van der Waals surface area contributed by atoms with Gasteiger partial charge in [0.05, 0.1) is 12.0 Å². The summed E-state index contributed by atoms with van der Waals surface area (Å²) in [5.74, 6) is 0. The van der Waals surface area contributed by atoms with Crippen LogP contribution < -0.4 is 11.1 Å². The second-order valence-electron chi connectivity index (χ2n) is 2.31. The molecule has 1 heterocycles. The molecular weight excluding hydrogens is 140 g/mol. The second-order valence-corrected chi connectivity index (χ2v) is 2.31. The summed E-state index contributed by atoms with van der Waals surface area (Å²) in [5.41, 5.74) is 7.94. The summed E-state index contributed by atoms with van der Waals surface area (Å²) in [6.07, 6.45) is 4.51. The van der Waals surface area contributed by atoms with Gasteiger partial charge in [-0.2, -0.15) is 0 Å². The van der Waals surface area contributed by atoms with E-state index in [1.807, 2.05) is 6.20 Å². The Labute approximate surface area is 66.2 Å². The lowest BCUT2D eigenvalue weighted by atomic mass is 10.3. The van der Waals surface area contributed by atoms with Gasteiger partial charge in [0.1, 0.15) is 0 Å². The average Bonchev–Trinajstić information content (AvgIpc) is 2.50. The number of H-pyrrole nitrogens is 1. The summed E-state index contributed by atoms with van der Waals surface area (Å²) >= 11 is 0. The van der Waals surface area contributed by atoms with E-state index in [0.717, 1.165) is 25.2 Å². The van der Waals surface area contributed by atoms with Crippen LogP contribution in [0, 0.1) is 0 Å². The Hall–Kier alpha value is -0.870. The number of nitrogens with zero attached hydrogens (tertiary/aromatic N) is 1. The van der Waals surface area contributed by atoms with Crippen molar-refractivity contribution in [1.29, 1.82) is 0 Å². The summed E-state index contributed by atoms with van der Waals surface area (Å²) < 4.78 is 0. The average molecular weight is 153 g/mol. The zero-order valence-electron chi connectivity index (χ0n) is 6.43. The van der Waals surface area contributed by atoms with E-state index in [1.54, 1.807) is 6.33 Å². The molecule has 1 rings (SSSR count). The highest BCUT2D eigenvalue weighted by Crippen LogP contribution is 1.89. The van der Waals surface area contributed by atoms with Gasteiger partial charge in [0.2, 0.25) is 0 Å². The summed E-state index contributed by atoms with van der Waals surface area (Å²) in [7, 11) is 0. The van der Waals surface area contributed by atoms with Crippen molar-refractivity contribution in [1.82, 2.24) is 21.0 Å². The number of imidazole rings is 1. The molecule has 61 valence electrons. The van der Waals surface area contributed by atoms with E-state index in [0.29, 0.717) is 6.54 Å². The van der Waals surface area contributed by atoms with Gasteiger partial charge in [0.15, 0.2) is 0 Å². The molecule has 0 amide bonds. The molecule has 4 nitrogen and oxygen atoms in total. The zero-order valence-corrected chi connectivity index (χ0v) is 6.43. The van der Waals surface area contributed by atoms with Crippen LogP contribution in [-0.2, 0) is 6.42 Å². The van der Waals surface area contributed by atoms with Crippen LogP contribution in [0.1, 0.15) is 5.69 Å². The van der Waals surface area contributed by atoms with Crippen molar-refractivity contribution in [3.8, 4) is 0 Å². The van der Waals surface area contributed by atoms with Gasteiger partial charge < -0.3 is 10.3 Å². The maximum Gasteiger partial charge on any atom is 0.0923 e. The van der Waals surface area contributed by atoms with Crippen LogP contribution in [0.5, 0.6) is 0 Å². The van der Waals surface area contributed by atoms with Crippen molar-refractivity contribution in [2.75, 3.05) is 19.6 Å². The SMILES string of the molecule is [NH]CCNCCc1c[nH]cn1. The van der Waals surface area contributed by atoms with Gasteiger partial charge in [0.25, 0.3) is 0 Å². The van der Waals surface area contributed by atoms with E-state index >= 15 is 0 Å². The normalized spacial score (nSPS) is 10.3. The molecule has 0 aliphatic rings. The van der Waals surface area contributed by atoms with Crippen molar-refractivity contribution in [2.24, 2.45) is 0 Å². The van der Waals surface area contributed by atoms with Crippen molar-refractivity contribution in [3.05, 3.63) is 18.2 Å². The van der Waals surface area contributed by atoms with E-state index in [-0.39, 0.29) is 0 Å². The summed E-state index contributed by atoms with van der Waals surface area (Å²) in [6, 6.07) is 0. The Morgan fingerprint density at radius 3 is 3.09 bits per heavy atom. The highest BCUT2D eigenvalue weighted by atomic mass is 14.9. The molecule has 1 radical (unpaired) electrons. The maximum atomic E-state index is 6.87. The third-order valence-corrected chi connectivity index (χ3v) is 1.41. The van der Waals surface area contributed by atoms with Gasteiger partial charge in [-0.15, -0.1) is 0 Å². The molecule has 1 aromatic rings. The molecule has 1 aromatic heterocycles. The Morgan fingerprint density at radius 1 is 1.55 bits per heavy atom. The molecule has 11 heavy (non-hydrogen) atoms. The number of aromatic amines is 1. The maximum absolute atomic E-state index is 6.87. The summed E-state index contributed by atoms with van der Waals surface area (Å²) in [4.78, 5) is 6.97. The smallest absolute Gasteiger partial charge is 0.0923 e. The Kier molecular flexibility index (Phi) is 3.64. The topological polar surface area (TPSA) is 64.5 Å². The second kappa shape index (κ2) is 4.87. The standard InChI is InChI=1S/C7H13N4/c8-2-4-9-3-1-7-5-10-6-11-7/h5-6,8-9H,1-4H2,(H,10,11). The Bertz CT molecular complexity index is 171. The first-order valence-electron chi connectivity index (χ1n) is 3.76. The van der Waals surface area contributed by atoms with E-state index in [1.165, 1.54) is 0 Å². The number of rotatable bonds is 5. The number of hydrogen-bond donors (Lipinski definition) is 2. The minimum absolute atomic E-state index is 0.445. The molecule has 0 saturated carbocycles. The quantitative estimate of drug-likeness (QED) is 0.576. The number of aromatic nitrogens is 2. The Balaban J connectivity index is 2.04. The molecular formula is C7H13N4. The molecule has 0 fully saturated rings. The third-order valence-electron chi connectivity index (χ3n) is 1.41. The summed E-state index contributed by atoms with van der Waals surface area (Å²) in [5, 5.41) is 3.13.